The molecule has 0 saturated heterocycles. The van der Waals surface area contributed by atoms with Crippen LogP contribution in [0.5, 0.6) is 5.75 Å². The Labute approximate surface area is 129 Å². The van der Waals surface area contributed by atoms with Crippen LogP contribution >= 0.6 is 0 Å². The first kappa shape index (κ1) is 15.7. The first-order valence-corrected chi connectivity index (χ1v) is 6.98. The van der Waals surface area contributed by atoms with Gasteiger partial charge in [0.1, 0.15) is 5.75 Å². The average molecular weight is 298 g/mol. The molecule has 0 aliphatic rings. The van der Waals surface area contributed by atoms with E-state index in [0.29, 0.717) is 17.0 Å². The van der Waals surface area contributed by atoms with E-state index in [1.54, 1.807) is 36.7 Å². The second-order valence-electron chi connectivity index (χ2n) is 4.92. The molecule has 0 radical (unpaired) electrons. The van der Waals surface area contributed by atoms with Crippen LogP contribution in [0.4, 0.5) is 5.69 Å². The number of pyridine rings is 1. The number of carbonyl (C=O) groups excluding carboxylic acids is 2. The minimum atomic E-state index is -0.215. The Morgan fingerprint density at radius 1 is 1.23 bits per heavy atom. The zero-order chi connectivity index (χ0) is 15.9. The van der Waals surface area contributed by atoms with Gasteiger partial charge in [0, 0.05) is 19.0 Å². The zero-order valence-corrected chi connectivity index (χ0v) is 12.6. The monoisotopic (exact) mass is 298 g/mol. The van der Waals surface area contributed by atoms with Gasteiger partial charge >= 0.3 is 0 Å². The molecule has 0 bridgehead atoms. The van der Waals surface area contributed by atoms with E-state index in [0.717, 1.165) is 5.56 Å². The molecule has 1 N–H and O–H groups in total. The Morgan fingerprint density at radius 3 is 2.73 bits per heavy atom. The molecule has 0 fully saturated rings. The highest BCUT2D eigenvalue weighted by Gasteiger charge is 2.14. The molecule has 2 aromatic rings. The number of nitrogens with zero attached hydrogens (tertiary/aromatic N) is 1. The van der Waals surface area contributed by atoms with Crippen LogP contribution in [-0.4, -0.2) is 23.8 Å². The van der Waals surface area contributed by atoms with Gasteiger partial charge in [-0.3, -0.25) is 14.6 Å². The van der Waals surface area contributed by atoms with Crippen LogP contribution in [0, 0.1) is 6.92 Å². The number of carbonyl (C=O) groups is 2. The van der Waals surface area contributed by atoms with Gasteiger partial charge in [0.05, 0.1) is 24.6 Å². The summed E-state index contributed by atoms with van der Waals surface area (Å²) < 4.78 is 5.19. The molecule has 5 heteroatoms. The van der Waals surface area contributed by atoms with Crippen molar-refractivity contribution in [2.75, 3.05) is 12.4 Å². The molecule has 0 spiro atoms. The molecule has 1 amide bonds. The summed E-state index contributed by atoms with van der Waals surface area (Å²) in [5, 5.41) is 2.70. The lowest BCUT2D eigenvalue weighted by molar-refractivity contribution is -0.116. The number of hydrogen-bond donors (Lipinski definition) is 1. The summed E-state index contributed by atoms with van der Waals surface area (Å²) in [4.78, 5) is 28.0. The standard InChI is InChI=1S/C17H18N2O3/c1-12-5-7-16(22-2)14(10-12)15(20)6-8-17(21)19-13-4-3-9-18-11-13/h3-5,7,9-11H,6,8H2,1-2H3,(H,19,21). The van der Waals surface area contributed by atoms with Gasteiger partial charge in [-0.15, -0.1) is 0 Å². The number of aryl methyl sites for hydroxylation is 1. The largest absolute Gasteiger partial charge is 0.496 e. The molecule has 0 unspecified atom stereocenters. The maximum absolute atomic E-state index is 12.3. The van der Waals surface area contributed by atoms with Crippen LogP contribution in [0.15, 0.2) is 42.7 Å². The smallest absolute Gasteiger partial charge is 0.224 e. The maximum atomic E-state index is 12.3. The van der Waals surface area contributed by atoms with Crippen molar-refractivity contribution in [2.45, 2.75) is 19.8 Å². The molecule has 114 valence electrons. The number of benzene rings is 1. The van der Waals surface area contributed by atoms with Crippen molar-refractivity contribution < 1.29 is 14.3 Å². The second-order valence-corrected chi connectivity index (χ2v) is 4.92. The van der Waals surface area contributed by atoms with E-state index in [9.17, 15) is 9.59 Å². The van der Waals surface area contributed by atoms with E-state index in [4.69, 9.17) is 4.74 Å². The average Bonchev–Trinajstić information content (AvgIpc) is 2.53. The fourth-order valence-corrected chi connectivity index (χ4v) is 2.06. The number of amides is 1. The summed E-state index contributed by atoms with van der Waals surface area (Å²) >= 11 is 0. The van der Waals surface area contributed by atoms with Crippen LogP contribution in [0.2, 0.25) is 0 Å². The molecule has 22 heavy (non-hydrogen) atoms. The molecule has 5 nitrogen and oxygen atoms in total. The Kier molecular flexibility index (Phi) is 5.25. The van der Waals surface area contributed by atoms with Crippen LogP contribution in [0.25, 0.3) is 0 Å². The van der Waals surface area contributed by atoms with Gasteiger partial charge in [0.2, 0.25) is 5.91 Å². The Hall–Kier alpha value is -2.69. The lowest BCUT2D eigenvalue weighted by Gasteiger charge is -2.09. The minimum Gasteiger partial charge on any atom is -0.496 e. The highest BCUT2D eigenvalue weighted by Crippen LogP contribution is 2.21. The molecule has 1 aromatic carbocycles. The normalized spacial score (nSPS) is 10.1. The van der Waals surface area contributed by atoms with E-state index in [2.05, 4.69) is 10.3 Å². The topological polar surface area (TPSA) is 68.3 Å². The Balaban J connectivity index is 1.95. The molecule has 0 atom stereocenters. The third-order valence-corrected chi connectivity index (χ3v) is 3.18. The molecule has 2 rings (SSSR count). The highest BCUT2D eigenvalue weighted by molar-refractivity contribution is 6.01. The number of ketones is 1. The fraction of sp³-hybridized carbons (Fsp3) is 0.235. The van der Waals surface area contributed by atoms with Crippen molar-refractivity contribution in [3.63, 3.8) is 0 Å². The van der Waals surface area contributed by atoms with E-state index in [1.807, 2.05) is 13.0 Å². The van der Waals surface area contributed by atoms with Gasteiger partial charge < -0.3 is 10.1 Å². The number of aromatic nitrogens is 1. The third kappa shape index (κ3) is 4.15. The fourth-order valence-electron chi connectivity index (χ4n) is 2.06. The van der Waals surface area contributed by atoms with E-state index >= 15 is 0 Å². The summed E-state index contributed by atoms with van der Waals surface area (Å²) in [6.07, 6.45) is 3.43. The van der Waals surface area contributed by atoms with Gasteiger partial charge in [-0.25, -0.2) is 0 Å². The molecule has 0 aliphatic heterocycles. The maximum Gasteiger partial charge on any atom is 0.224 e. The third-order valence-electron chi connectivity index (χ3n) is 3.18. The molecule has 0 saturated carbocycles. The molecular formula is C17H18N2O3. The first-order valence-electron chi connectivity index (χ1n) is 6.98. The number of nitrogens with one attached hydrogen (secondary N) is 1. The summed E-state index contributed by atoms with van der Waals surface area (Å²) in [5.74, 6) is 0.207. The van der Waals surface area contributed by atoms with Crippen molar-refractivity contribution in [1.82, 2.24) is 4.98 Å². The van der Waals surface area contributed by atoms with Crippen LogP contribution in [0.3, 0.4) is 0 Å². The summed E-state index contributed by atoms with van der Waals surface area (Å²) in [6.45, 7) is 1.91. The van der Waals surface area contributed by atoms with Crippen molar-refractivity contribution in [3.05, 3.63) is 53.9 Å². The second kappa shape index (κ2) is 7.36. The van der Waals surface area contributed by atoms with E-state index < -0.39 is 0 Å². The lowest BCUT2D eigenvalue weighted by Crippen LogP contribution is -2.14. The number of hydrogen-bond acceptors (Lipinski definition) is 4. The Bertz CT molecular complexity index is 669. The van der Waals surface area contributed by atoms with Crippen molar-refractivity contribution in [3.8, 4) is 5.75 Å². The highest BCUT2D eigenvalue weighted by atomic mass is 16.5. The first-order chi connectivity index (χ1) is 10.6. The predicted octanol–water partition coefficient (Wildman–Crippen LogP) is 3.00. The number of anilines is 1. The van der Waals surface area contributed by atoms with Crippen molar-refractivity contribution in [1.29, 1.82) is 0 Å². The Morgan fingerprint density at radius 2 is 2.05 bits per heavy atom. The quantitative estimate of drug-likeness (QED) is 0.832. The molecule has 0 aliphatic carbocycles. The van der Waals surface area contributed by atoms with Crippen LogP contribution in [-0.2, 0) is 4.79 Å². The van der Waals surface area contributed by atoms with Gasteiger partial charge in [0.25, 0.3) is 0 Å². The van der Waals surface area contributed by atoms with Gasteiger partial charge in [-0.1, -0.05) is 11.6 Å². The number of ether oxygens (including phenoxy) is 1. The molecular weight excluding hydrogens is 280 g/mol. The summed E-state index contributed by atoms with van der Waals surface area (Å²) in [5.41, 5.74) is 2.11. The molecule has 1 aromatic heterocycles. The lowest BCUT2D eigenvalue weighted by atomic mass is 10.0. The van der Waals surface area contributed by atoms with E-state index in [1.165, 1.54) is 7.11 Å². The van der Waals surface area contributed by atoms with Crippen molar-refractivity contribution in [2.24, 2.45) is 0 Å². The van der Waals surface area contributed by atoms with Gasteiger partial charge in [0.15, 0.2) is 5.78 Å². The SMILES string of the molecule is COc1ccc(C)cc1C(=O)CCC(=O)Nc1cccnc1. The summed E-state index contributed by atoms with van der Waals surface area (Å²) in [6, 6.07) is 8.90. The van der Waals surface area contributed by atoms with Crippen LogP contribution in [0.1, 0.15) is 28.8 Å². The van der Waals surface area contributed by atoms with Gasteiger partial charge in [-0.2, -0.15) is 0 Å². The summed E-state index contributed by atoms with van der Waals surface area (Å²) in [7, 11) is 1.52. The molecule has 1 heterocycles. The number of Topliss-reactive ketones (excluding diaryl/α,β-unsaturated/α-hetero) is 1. The number of methoxy groups -OCH3 is 1. The number of rotatable bonds is 6. The van der Waals surface area contributed by atoms with Crippen molar-refractivity contribution >= 4 is 17.4 Å². The zero-order valence-electron chi connectivity index (χ0n) is 12.6. The predicted molar refractivity (Wildman–Crippen MR) is 84.2 cm³/mol. The minimum absolute atomic E-state index is 0.109. The van der Waals surface area contributed by atoms with Gasteiger partial charge in [-0.05, 0) is 31.2 Å². The van der Waals surface area contributed by atoms with Crippen LogP contribution < -0.4 is 10.1 Å². The van der Waals surface area contributed by atoms with E-state index in [-0.39, 0.29) is 24.5 Å².